The maximum Gasteiger partial charge on any atom is 0.158 e. The minimum absolute atomic E-state index is 0.0520. The summed E-state index contributed by atoms with van der Waals surface area (Å²) in [6.45, 7) is 5.89. The van der Waals surface area contributed by atoms with Crippen molar-refractivity contribution in [2.45, 2.75) is 64.8 Å². The Balaban J connectivity index is 1.99. The van der Waals surface area contributed by atoms with E-state index in [1.807, 2.05) is 18.2 Å². The quantitative estimate of drug-likeness (QED) is 0.645. The van der Waals surface area contributed by atoms with Crippen molar-refractivity contribution >= 4 is 17.3 Å². The van der Waals surface area contributed by atoms with Crippen LogP contribution in [-0.4, -0.2) is 23.3 Å². The molecule has 2 aromatic rings. The smallest absolute Gasteiger partial charge is 0.158 e. The first-order chi connectivity index (χ1) is 13.5. The van der Waals surface area contributed by atoms with Crippen LogP contribution in [0, 0.1) is 0 Å². The molecule has 0 spiro atoms. The molecule has 3 heteroatoms. The van der Waals surface area contributed by atoms with Crippen LogP contribution in [0.1, 0.15) is 68.2 Å². The summed E-state index contributed by atoms with van der Waals surface area (Å²) in [6, 6.07) is 16.2. The summed E-state index contributed by atoms with van der Waals surface area (Å²) in [7, 11) is 0. The van der Waals surface area contributed by atoms with Gasteiger partial charge in [-0.25, -0.2) is 0 Å². The molecule has 28 heavy (non-hydrogen) atoms. The topological polar surface area (TPSA) is 46.5 Å². The fraction of sp³-hybridized carbons (Fsp3) is 0.400. The highest BCUT2D eigenvalue weighted by molar-refractivity contribution is 6.05. The van der Waals surface area contributed by atoms with Gasteiger partial charge in [0.2, 0.25) is 0 Å². The van der Waals surface area contributed by atoms with Crippen LogP contribution >= 0.6 is 0 Å². The van der Waals surface area contributed by atoms with Crippen LogP contribution in [0.3, 0.4) is 0 Å². The average molecular weight is 376 g/mol. The molecule has 1 aliphatic rings. The lowest BCUT2D eigenvalue weighted by atomic mass is 9.81. The zero-order valence-electron chi connectivity index (χ0n) is 17.1. The first kappa shape index (κ1) is 20.2. The molecule has 2 aromatic carbocycles. The molecule has 2 unspecified atom stereocenters. The molecule has 0 aliphatic carbocycles. The molecule has 0 aromatic heterocycles. The number of carbonyl (C=O) groups is 2. The van der Waals surface area contributed by atoms with E-state index in [0.29, 0.717) is 6.42 Å². The van der Waals surface area contributed by atoms with E-state index in [9.17, 15) is 9.59 Å². The summed E-state index contributed by atoms with van der Waals surface area (Å²) in [5.74, 6) is 0.184. The highest BCUT2D eigenvalue weighted by Crippen LogP contribution is 2.37. The number of carbonyl (C=O) groups excluding carboxylic acids is 2. The number of rotatable bonds is 8. The predicted molar refractivity (Wildman–Crippen MR) is 114 cm³/mol. The highest BCUT2D eigenvalue weighted by atomic mass is 16.1. The van der Waals surface area contributed by atoms with Crippen molar-refractivity contribution in [2.24, 2.45) is 4.99 Å². The van der Waals surface area contributed by atoms with Crippen molar-refractivity contribution in [3.05, 3.63) is 70.8 Å². The van der Waals surface area contributed by atoms with Crippen molar-refractivity contribution < 1.29 is 9.59 Å². The average Bonchev–Trinajstić information content (AvgIpc) is 3.17. The van der Waals surface area contributed by atoms with Gasteiger partial charge in [0.1, 0.15) is 11.8 Å². The second kappa shape index (κ2) is 9.09. The summed E-state index contributed by atoms with van der Waals surface area (Å²) in [5.41, 5.74) is 6.03. The molecular weight excluding hydrogens is 346 g/mol. The molecule has 1 aliphatic heterocycles. The Labute approximate surface area is 167 Å². The van der Waals surface area contributed by atoms with E-state index in [2.05, 4.69) is 44.2 Å². The van der Waals surface area contributed by atoms with E-state index in [-0.39, 0.29) is 23.9 Å². The number of Topliss-reactive ketones (excluding diaryl/α,β-unsaturated/α-hetero) is 2. The molecule has 0 bridgehead atoms. The van der Waals surface area contributed by atoms with Crippen molar-refractivity contribution in [3.8, 4) is 0 Å². The summed E-state index contributed by atoms with van der Waals surface area (Å²) in [5, 5.41) is 0. The van der Waals surface area contributed by atoms with E-state index in [0.717, 1.165) is 30.5 Å². The fourth-order valence-corrected chi connectivity index (χ4v) is 4.24. The van der Waals surface area contributed by atoms with Crippen LogP contribution in [0.2, 0.25) is 0 Å². The Morgan fingerprint density at radius 1 is 0.964 bits per heavy atom. The molecule has 146 valence electrons. The number of benzene rings is 2. The Morgan fingerprint density at radius 3 is 2.36 bits per heavy atom. The second-order valence-electron chi connectivity index (χ2n) is 7.56. The molecule has 0 saturated heterocycles. The van der Waals surface area contributed by atoms with Gasteiger partial charge in [0.25, 0.3) is 0 Å². The molecule has 2 atom stereocenters. The third kappa shape index (κ3) is 4.30. The fourth-order valence-electron chi connectivity index (χ4n) is 4.24. The lowest BCUT2D eigenvalue weighted by Crippen LogP contribution is -2.24. The first-order valence-electron chi connectivity index (χ1n) is 10.3. The molecule has 0 radical (unpaired) electrons. The van der Waals surface area contributed by atoms with Gasteiger partial charge in [-0.1, -0.05) is 62.4 Å². The van der Waals surface area contributed by atoms with Gasteiger partial charge in [-0.05, 0) is 48.4 Å². The Morgan fingerprint density at radius 2 is 1.71 bits per heavy atom. The largest absolute Gasteiger partial charge is 0.300 e. The van der Waals surface area contributed by atoms with Crippen molar-refractivity contribution in [1.29, 1.82) is 0 Å². The Bertz CT molecular complexity index is 883. The lowest BCUT2D eigenvalue weighted by Gasteiger charge is -2.22. The number of ketones is 2. The third-order valence-electron chi connectivity index (χ3n) is 5.69. The molecule has 0 N–H and O–H groups in total. The molecule has 0 fully saturated rings. The molecule has 0 amide bonds. The van der Waals surface area contributed by atoms with Gasteiger partial charge in [-0.15, -0.1) is 0 Å². The van der Waals surface area contributed by atoms with Crippen LogP contribution < -0.4 is 0 Å². The van der Waals surface area contributed by atoms with E-state index >= 15 is 0 Å². The Hall–Kier alpha value is -2.55. The number of aryl methyl sites for hydroxylation is 1. The molecule has 1 heterocycles. The van der Waals surface area contributed by atoms with Crippen molar-refractivity contribution in [3.63, 3.8) is 0 Å². The number of aliphatic imine (C=N–C) groups is 1. The maximum atomic E-state index is 13.0. The number of hydrogen-bond donors (Lipinski definition) is 0. The van der Waals surface area contributed by atoms with E-state index in [1.165, 1.54) is 23.6 Å². The highest BCUT2D eigenvalue weighted by Gasteiger charge is 2.36. The maximum absolute atomic E-state index is 13.0. The predicted octanol–water partition coefficient (Wildman–Crippen LogP) is 5.09. The summed E-state index contributed by atoms with van der Waals surface area (Å²) < 4.78 is 0. The van der Waals surface area contributed by atoms with Gasteiger partial charge < -0.3 is 4.79 Å². The van der Waals surface area contributed by atoms with E-state index in [4.69, 9.17) is 4.99 Å². The van der Waals surface area contributed by atoms with Crippen LogP contribution in [0.4, 0.5) is 0 Å². The number of nitrogens with zero attached hydrogens (tertiary/aromatic N) is 1. The second-order valence-corrected chi connectivity index (χ2v) is 7.56. The van der Waals surface area contributed by atoms with Crippen LogP contribution in [0.25, 0.3) is 0 Å². The van der Waals surface area contributed by atoms with Gasteiger partial charge in [-0.3, -0.25) is 9.79 Å². The molecule has 3 rings (SSSR count). The van der Waals surface area contributed by atoms with E-state index in [1.54, 1.807) is 0 Å². The summed E-state index contributed by atoms with van der Waals surface area (Å²) >= 11 is 0. The molecule has 0 saturated carbocycles. The molecular formula is C25H29NO2. The van der Waals surface area contributed by atoms with Gasteiger partial charge >= 0.3 is 0 Å². The van der Waals surface area contributed by atoms with Crippen molar-refractivity contribution in [1.82, 2.24) is 0 Å². The van der Waals surface area contributed by atoms with Crippen LogP contribution in [0.5, 0.6) is 0 Å². The SMILES string of the molecule is CCc1cccc(C2CC(c3ccccc3)=NC2C(=O)CCC(C)=O)c1CC. The van der Waals surface area contributed by atoms with Crippen LogP contribution in [0.15, 0.2) is 53.5 Å². The zero-order chi connectivity index (χ0) is 20.1. The van der Waals surface area contributed by atoms with Gasteiger partial charge in [0, 0.05) is 24.5 Å². The number of hydrogen-bond acceptors (Lipinski definition) is 3. The van der Waals surface area contributed by atoms with E-state index < -0.39 is 6.04 Å². The lowest BCUT2D eigenvalue weighted by molar-refractivity contribution is -0.124. The van der Waals surface area contributed by atoms with Crippen molar-refractivity contribution in [2.75, 3.05) is 0 Å². The monoisotopic (exact) mass is 375 g/mol. The minimum Gasteiger partial charge on any atom is -0.300 e. The normalized spacial score (nSPS) is 18.8. The van der Waals surface area contributed by atoms with Gasteiger partial charge in [-0.2, -0.15) is 0 Å². The Kier molecular flexibility index (Phi) is 6.56. The third-order valence-corrected chi connectivity index (χ3v) is 5.69. The molecule has 3 nitrogen and oxygen atoms in total. The minimum atomic E-state index is -0.396. The van der Waals surface area contributed by atoms with Gasteiger partial charge in [0.05, 0.1) is 0 Å². The first-order valence-corrected chi connectivity index (χ1v) is 10.3. The zero-order valence-corrected chi connectivity index (χ0v) is 17.1. The standard InChI is InChI=1S/C25H29NO2/c1-4-18-12-9-13-21(20(18)5-2)22-16-23(19-10-7-6-8-11-19)26-25(22)24(28)15-14-17(3)27/h6-13,22,25H,4-5,14-16H2,1-3H3. The van der Waals surface area contributed by atoms with Crippen LogP contribution in [-0.2, 0) is 22.4 Å². The van der Waals surface area contributed by atoms with Gasteiger partial charge in [0.15, 0.2) is 5.78 Å². The summed E-state index contributed by atoms with van der Waals surface area (Å²) in [6.07, 6.45) is 3.27. The summed E-state index contributed by atoms with van der Waals surface area (Å²) in [4.78, 5) is 29.3.